The fourth-order valence-corrected chi connectivity index (χ4v) is 8.72. The minimum atomic E-state index is 0.899. The van der Waals surface area contributed by atoms with E-state index < -0.39 is 0 Å². The Kier molecular flexibility index (Phi) is 6.62. The summed E-state index contributed by atoms with van der Waals surface area (Å²) in [6, 6.07) is 70.4. The molecule has 0 aliphatic carbocycles. The first-order valence-electron chi connectivity index (χ1n) is 18.3. The number of furan rings is 1. The van der Waals surface area contributed by atoms with Crippen LogP contribution in [0, 0.1) is 0 Å². The second-order valence-corrected chi connectivity index (χ2v) is 13.9. The molecule has 0 unspecified atom stereocenters. The van der Waals surface area contributed by atoms with Crippen LogP contribution in [0.3, 0.4) is 0 Å². The topological polar surface area (TPSA) is 13.1 Å². The van der Waals surface area contributed by atoms with Crippen LogP contribution in [0.25, 0.3) is 110 Å². The molecule has 0 saturated carbocycles. The number of hydrogen-bond acceptors (Lipinski definition) is 1. The first-order valence-corrected chi connectivity index (χ1v) is 18.3. The zero-order chi connectivity index (χ0) is 34.9. The van der Waals surface area contributed by atoms with Crippen molar-refractivity contribution in [1.82, 2.24) is 0 Å². The van der Waals surface area contributed by atoms with Gasteiger partial charge in [-0.25, -0.2) is 0 Å². The predicted octanol–water partition coefficient (Wildman–Crippen LogP) is 14.9. The van der Waals surface area contributed by atoms with Crippen LogP contribution in [0.1, 0.15) is 0 Å². The maximum atomic E-state index is 6.73. The molecule has 1 heteroatoms. The minimum Gasteiger partial charge on any atom is -0.455 e. The molecule has 0 aliphatic rings. The Balaban J connectivity index is 1.20. The highest BCUT2D eigenvalue weighted by Crippen LogP contribution is 2.49. The molecule has 0 aliphatic heterocycles. The van der Waals surface area contributed by atoms with E-state index in [4.69, 9.17) is 4.42 Å². The number of para-hydroxylation sites is 1. The molecule has 1 aromatic heterocycles. The van der Waals surface area contributed by atoms with E-state index in [1.54, 1.807) is 0 Å². The van der Waals surface area contributed by atoms with Crippen LogP contribution in [0.15, 0.2) is 199 Å². The van der Waals surface area contributed by atoms with Crippen molar-refractivity contribution < 1.29 is 4.42 Å². The van der Waals surface area contributed by atoms with Gasteiger partial charge in [-0.1, -0.05) is 176 Å². The van der Waals surface area contributed by atoms with Gasteiger partial charge in [0.2, 0.25) is 0 Å². The lowest BCUT2D eigenvalue weighted by Gasteiger charge is -2.20. The molecule has 0 N–H and O–H groups in total. The summed E-state index contributed by atoms with van der Waals surface area (Å²) >= 11 is 0. The fourth-order valence-electron chi connectivity index (χ4n) is 8.72. The Hall–Kier alpha value is -6.96. The Morgan fingerprint density at radius 2 is 0.830 bits per heavy atom. The summed E-state index contributed by atoms with van der Waals surface area (Å²) in [6.07, 6.45) is 0. The molecule has 0 amide bonds. The molecule has 0 fully saturated rings. The summed E-state index contributed by atoms with van der Waals surface area (Å²) in [7, 11) is 0. The van der Waals surface area contributed by atoms with Crippen molar-refractivity contribution in [2.24, 2.45) is 0 Å². The van der Waals surface area contributed by atoms with E-state index in [-0.39, 0.29) is 0 Å². The molecule has 11 aromatic rings. The Morgan fingerprint density at radius 3 is 1.53 bits per heavy atom. The lowest BCUT2D eigenvalue weighted by atomic mass is 9.83. The van der Waals surface area contributed by atoms with E-state index in [2.05, 4.69) is 194 Å². The van der Waals surface area contributed by atoms with Gasteiger partial charge < -0.3 is 4.42 Å². The number of fused-ring (bicyclic) bond motifs is 8. The molecule has 10 aromatic carbocycles. The quantitative estimate of drug-likeness (QED) is 0.134. The van der Waals surface area contributed by atoms with Crippen molar-refractivity contribution in [1.29, 1.82) is 0 Å². The molecule has 0 radical (unpaired) electrons. The lowest BCUT2D eigenvalue weighted by Crippen LogP contribution is -1.93. The van der Waals surface area contributed by atoms with Gasteiger partial charge in [0.1, 0.15) is 11.2 Å². The van der Waals surface area contributed by atoms with Crippen molar-refractivity contribution in [2.45, 2.75) is 0 Å². The molecule has 1 nitrogen and oxygen atoms in total. The van der Waals surface area contributed by atoms with Crippen molar-refractivity contribution in [3.8, 4) is 44.5 Å². The van der Waals surface area contributed by atoms with Gasteiger partial charge in [-0.15, -0.1) is 0 Å². The highest BCUT2D eigenvalue weighted by Gasteiger charge is 2.23. The molecule has 0 saturated heterocycles. The van der Waals surface area contributed by atoms with E-state index in [0.717, 1.165) is 33.1 Å². The van der Waals surface area contributed by atoms with Gasteiger partial charge in [0.25, 0.3) is 0 Å². The number of rotatable bonds is 4. The van der Waals surface area contributed by atoms with Gasteiger partial charge >= 0.3 is 0 Å². The fraction of sp³-hybridized carbons (Fsp3) is 0. The second-order valence-electron chi connectivity index (χ2n) is 13.9. The van der Waals surface area contributed by atoms with E-state index in [0.29, 0.717) is 0 Å². The molecular weight excluding hydrogens is 641 g/mol. The summed E-state index contributed by atoms with van der Waals surface area (Å²) in [5.41, 5.74) is 11.5. The molecular formula is C52H32O. The van der Waals surface area contributed by atoms with Crippen molar-refractivity contribution >= 4 is 65.0 Å². The van der Waals surface area contributed by atoms with Crippen molar-refractivity contribution in [3.05, 3.63) is 194 Å². The van der Waals surface area contributed by atoms with Crippen LogP contribution in [0.2, 0.25) is 0 Å². The summed E-state index contributed by atoms with van der Waals surface area (Å²) < 4.78 is 6.73. The highest BCUT2D eigenvalue weighted by molar-refractivity contribution is 6.28. The van der Waals surface area contributed by atoms with Gasteiger partial charge in [0, 0.05) is 16.3 Å². The third-order valence-electron chi connectivity index (χ3n) is 11.1. The van der Waals surface area contributed by atoms with Crippen molar-refractivity contribution in [3.63, 3.8) is 0 Å². The van der Waals surface area contributed by atoms with Crippen LogP contribution in [-0.4, -0.2) is 0 Å². The largest absolute Gasteiger partial charge is 0.455 e. The van der Waals surface area contributed by atoms with E-state index in [1.807, 2.05) is 0 Å². The van der Waals surface area contributed by atoms with E-state index in [1.165, 1.54) is 76.5 Å². The Morgan fingerprint density at radius 1 is 0.283 bits per heavy atom. The monoisotopic (exact) mass is 672 g/mol. The molecule has 0 spiro atoms. The zero-order valence-electron chi connectivity index (χ0n) is 28.9. The maximum Gasteiger partial charge on any atom is 0.143 e. The predicted molar refractivity (Wildman–Crippen MR) is 225 cm³/mol. The molecule has 0 bridgehead atoms. The first kappa shape index (κ1) is 29.7. The third-order valence-corrected chi connectivity index (χ3v) is 11.1. The summed E-state index contributed by atoms with van der Waals surface area (Å²) in [5, 5.41) is 12.2. The number of hydrogen-bond donors (Lipinski definition) is 0. The van der Waals surface area contributed by atoms with E-state index >= 15 is 0 Å². The minimum absolute atomic E-state index is 0.899. The molecule has 11 rings (SSSR count). The summed E-state index contributed by atoms with van der Waals surface area (Å²) in [5.74, 6) is 0. The second kappa shape index (κ2) is 11.8. The van der Waals surface area contributed by atoms with E-state index in [9.17, 15) is 0 Å². The Bertz CT molecular complexity index is 3150. The Labute approximate surface area is 307 Å². The van der Waals surface area contributed by atoms with Crippen LogP contribution < -0.4 is 0 Å². The highest BCUT2D eigenvalue weighted by atomic mass is 16.3. The molecule has 1 heterocycles. The average molecular weight is 673 g/mol. The summed E-state index contributed by atoms with van der Waals surface area (Å²) in [6.45, 7) is 0. The van der Waals surface area contributed by atoms with Gasteiger partial charge in [-0.05, 0) is 100 Å². The van der Waals surface area contributed by atoms with Crippen LogP contribution >= 0.6 is 0 Å². The molecule has 0 atom stereocenters. The van der Waals surface area contributed by atoms with Crippen LogP contribution in [0.4, 0.5) is 0 Å². The first-order chi connectivity index (χ1) is 26.3. The number of benzene rings is 10. The molecule has 53 heavy (non-hydrogen) atoms. The molecule has 246 valence electrons. The van der Waals surface area contributed by atoms with Gasteiger partial charge in [-0.2, -0.15) is 0 Å². The van der Waals surface area contributed by atoms with Crippen LogP contribution in [-0.2, 0) is 0 Å². The zero-order valence-corrected chi connectivity index (χ0v) is 28.9. The smallest absolute Gasteiger partial charge is 0.143 e. The SMILES string of the molecule is c1ccc(-c2ccc3c(ccc4c(-c5c6ccccc6c(-c6ccc(-c7ccccc7)c7oc8ccccc8c67)c6ccccc56)cccc43)c2)cc1. The van der Waals surface area contributed by atoms with Gasteiger partial charge in [0.15, 0.2) is 0 Å². The standard InChI is InChI=1S/C52H32O/c1-3-14-33(15-4-1)35-26-28-37-36(32-35)27-29-40-39(37)23-13-24-41(40)49-42-18-7-9-20-44(42)50(45-21-10-8-19-43(45)49)47-31-30-38(34-16-5-2-6-17-34)52-51(47)46-22-11-12-25-48(46)53-52/h1-32H. The maximum absolute atomic E-state index is 6.73. The van der Waals surface area contributed by atoms with Gasteiger partial charge in [-0.3, -0.25) is 0 Å². The normalized spacial score (nSPS) is 11.8. The third kappa shape index (κ3) is 4.58. The summed E-state index contributed by atoms with van der Waals surface area (Å²) in [4.78, 5) is 0. The van der Waals surface area contributed by atoms with Gasteiger partial charge in [0.05, 0.1) is 0 Å². The average Bonchev–Trinajstić information content (AvgIpc) is 3.63. The van der Waals surface area contributed by atoms with Crippen molar-refractivity contribution in [2.75, 3.05) is 0 Å². The lowest BCUT2D eigenvalue weighted by molar-refractivity contribution is 0.670. The van der Waals surface area contributed by atoms with Crippen LogP contribution in [0.5, 0.6) is 0 Å².